The van der Waals surface area contributed by atoms with Crippen molar-refractivity contribution in [2.24, 2.45) is 11.8 Å². The summed E-state index contributed by atoms with van der Waals surface area (Å²) < 4.78 is 47.1. The molecule has 6 nitrogen and oxygen atoms in total. The summed E-state index contributed by atoms with van der Waals surface area (Å²) in [5.74, 6) is -1.19. The number of hydrogen-bond donors (Lipinski definition) is 2. The first-order chi connectivity index (χ1) is 15.5. The average Bonchev–Trinajstić information content (AvgIpc) is 3.64. The molecule has 1 heterocycles. The molecular formula is C22H22Cl2F3N3O3. The van der Waals surface area contributed by atoms with Crippen LogP contribution in [0.4, 0.5) is 13.2 Å². The predicted octanol–water partition coefficient (Wildman–Crippen LogP) is 5.15. The summed E-state index contributed by atoms with van der Waals surface area (Å²) in [4.78, 5) is 20.5. The van der Waals surface area contributed by atoms with E-state index in [1.807, 2.05) is 0 Å². The van der Waals surface area contributed by atoms with Gasteiger partial charge in [-0.3, -0.25) is 4.79 Å². The van der Waals surface area contributed by atoms with Crippen molar-refractivity contribution in [1.82, 2.24) is 15.3 Å². The molecule has 2 saturated carbocycles. The molecule has 33 heavy (non-hydrogen) atoms. The third-order valence-electron chi connectivity index (χ3n) is 5.76. The molecule has 0 saturated heterocycles. The van der Waals surface area contributed by atoms with Gasteiger partial charge in [0.15, 0.2) is 11.4 Å². The Morgan fingerprint density at radius 2 is 1.88 bits per heavy atom. The third kappa shape index (κ3) is 5.70. The van der Waals surface area contributed by atoms with Gasteiger partial charge in [-0.2, -0.15) is 13.2 Å². The molecule has 2 aliphatic rings. The van der Waals surface area contributed by atoms with E-state index in [4.69, 9.17) is 27.9 Å². The van der Waals surface area contributed by atoms with E-state index in [0.29, 0.717) is 5.56 Å². The second-order valence-corrected chi connectivity index (χ2v) is 9.58. The van der Waals surface area contributed by atoms with Gasteiger partial charge in [0.2, 0.25) is 5.88 Å². The van der Waals surface area contributed by atoms with Gasteiger partial charge in [0, 0.05) is 12.1 Å². The molecule has 11 heteroatoms. The zero-order valence-electron chi connectivity index (χ0n) is 17.7. The molecule has 0 radical (unpaired) electrons. The van der Waals surface area contributed by atoms with E-state index in [2.05, 4.69) is 15.3 Å². The zero-order chi connectivity index (χ0) is 24.0. The highest BCUT2D eigenvalue weighted by Crippen LogP contribution is 2.40. The molecule has 2 aliphatic carbocycles. The number of amides is 1. The van der Waals surface area contributed by atoms with Gasteiger partial charge in [0.1, 0.15) is 5.69 Å². The average molecular weight is 504 g/mol. The lowest BCUT2D eigenvalue weighted by Gasteiger charge is -2.23. The lowest BCUT2D eigenvalue weighted by Crippen LogP contribution is -2.43. The molecule has 0 bridgehead atoms. The van der Waals surface area contributed by atoms with Crippen molar-refractivity contribution in [1.29, 1.82) is 0 Å². The fraction of sp³-hybridized carbons (Fsp3) is 0.500. The van der Waals surface area contributed by atoms with Crippen molar-refractivity contribution in [3.05, 3.63) is 39.6 Å². The van der Waals surface area contributed by atoms with E-state index in [0.717, 1.165) is 25.7 Å². The monoisotopic (exact) mass is 503 g/mol. The van der Waals surface area contributed by atoms with Crippen LogP contribution in [0.5, 0.6) is 5.88 Å². The second-order valence-electron chi connectivity index (χ2n) is 8.77. The number of carbonyl (C=O) groups excluding carboxylic acids is 1. The number of nitrogens with one attached hydrogen (secondary N) is 1. The Morgan fingerprint density at radius 1 is 1.18 bits per heavy atom. The quantitative estimate of drug-likeness (QED) is 0.520. The number of alkyl halides is 3. The maximum atomic E-state index is 13.8. The van der Waals surface area contributed by atoms with Crippen LogP contribution in [-0.2, 0) is 6.18 Å². The summed E-state index contributed by atoms with van der Waals surface area (Å²) in [5.41, 5.74) is -3.34. The van der Waals surface area contributed by atoms with Crippen LogP contribution in [0.15, 0.2) is 18.2 Å². The Morgan fingerprint density at radius 3 is 2.45 bits per heavy atom. The van der Waals surface area contributed by atoms with E-state index >= 15 is 0 Å². The highest BCUT2D eigenvalue weighted by atomic mass is 35.5. The van der Waals surface area contributed by atoms with Crippen molar-refractivity contribution >= 4 is 29.1 Å². The summed E-state index contributed by atoms with van der Waals surface area (Å²) in [7, 11) is 0. The van der Waals surface area contributed by atoms with Crippen molar-refractivity contribution in [3.8, 4) is 17.1 Å². The van der Waals surface area contributed by atoms with Gasteiger partial charge in [-0.1, -0.05) is 29.3 Å². The van der Waals surface area contributed by atoms with Gasteiger partial charge in [-0.25, -0.2) is 9.97 Å². The zero-order valence-corrected chi connectivity index (χ0v) is 19.2. The second kappa shape index (κ2) is 8.92. The molecule has 1 aromatic carbocycles. The van der Waals surface area contributed by atoms with Gasteiger partial charge >= 0.3 is 6.18 Å². The Kier molecular flexibility index (Phi) is 6.50. The van der Waals surface area contributed by atoms with E-state index in [1.54, 1.807) is 0 Å². The first-order valence-electron chi connectivity index (χ1n) is 10.5. The van der Waals surface area contributed by atoms with Gasteiger partial charge in [-0.15, -0.1) is 0 Å². The lowest BCUT2D eigenvalue weighted by atomic mass is 10.0. The highest BCUT2D eigenvalue weighted by Gasteiger charge is 2.42. The van der Waals surface area contributed by atoms with Gasteiger partial charge < -0.3 is 15.2 Å². The van der Waals surface area contributed by atoms with Crippen LogP contribution in [0.3, 0.4) is 0 Å². The molecule has 4 rings (SSSR count). The molecular weight excluding hydrogens is 482 g/mol. The van der Waals surface area contributed by atoms with Crippen molar-refractivity contribution in [2.75, 3.05) is 13.2 Å². The normalized spacial score (nSPS) is 18.0. The topological polar surface area (TPSA) is 84.3 Å². The summed E-state index contributed by atoms with van der Waals surface area (Å²) in [5, 5.41) is 13.2. The fourth-order valence-corrected chi connectivity index (χ4v) is 3.68. The maximum Gasteiger partial charge on any atom is 0.435 e. The van der Waals surface area contributed by atoms with E-state index in [-0.39, 0.29) is 46.6 Å². The van der Waals surface area contributed by atoms with E-state index < -0.39 is 29.1 Å². The standard InChI is InChI=1S/C22H22Cl2F3N3O3/c1-21(32,13-5-6-13)10-28-19(31)17-18(22(25,26)27)30-20(33-9-11-2-3-11)16(29-17)12-4-7-14(23)15(24)8-12/h4,7-8,11,13,32H,2-3,5-6,9-10H2,1H3,(H,28,31). The molecule has 2 fully saturated rings. The third-order valence-corrected chi connectivity index (χ3v) is 6.50. The van der Waals surface area contributed by atoms with Crippen LogP contribution in [0, 0.1) is 11.8 Å². The number of nitrogens with zero attached hydrogens (tertiary/aromatic N) is 2. The number of carbonyl (C=O) groups is 1. The Bertz CT molecular complexity index is 1070. The van der Waals surface area contributed by atoms with Crippen LogP contribution in [0.25, 0.3) is 11.3 Å². The molecule has 0 aliphatic heterocycles. The Labute approximate surface area is 198 Å². The number of halogens is 5. The number of ether oxygens (including phenoxy) is 1. The molecule has 2 aromatic rings. The van der Waals surface area contributed by atoms with Gasteiger partial charge in [0.05, 0.1) is 22.3 Å². The van der Waals surface area contributed by atoms with Crippen molar-refractivity contribution < 1.29 is 27.8 Å². The molecule has 1 atom stereocenters. The Balaban J connectivity index is 1.74. The van der Waals surface area contributed by atoms with Crippen molar-refractivity contribution in [2.45, 2.75) is 44.4 Å². The lowest BCUT2D eigenvalue weighted by molar-refractivity contribution is -0.142. The van der Waals surface area contributed by atoms with Gasteiger partial charge in [-0.05, 0) is 56.6 Å². The maximum absolute atomic E-state index is 13.8. The summed E-state index contributed by atoms with van der Waals surface area (Å²) in [6.07, 6.45) is -1.52. The Hall–Kier alpha value is -2.10. The minimum atomic E-state index is -4.95. The minimum Gasteiger partial charge on any atom is -0.476 e. The van der Waals surface area contributed by atoms with Crippen LogP contribution >= 0.6 is 23.2 Å². The van der Waals surface area contributed by atoms with Crippen LogP contribution in [-0.4, -0.2) is 39.7 Å². The summed E-state index contributed by atoms with van der Waals surface area (Å²) in [6, 6.07) is 4.40. The van der Waals surface area contributed by atoms with Crippen LogP contribution in [0.2, 0.25) is 10.0 Å². The first-order valence-corrected chi connectivity index (χ1v) is 11.3. The molecule has 1 unspecified atom stereocenters. The van der Waals surface area contributed by atoms with Crippen LogP contribution in [0.1, 0.15) is 48.8 Å². The number of aromatic nitrogens is 2. The number of aliphatic hydroxyl groups is 1. The summed E-state index contributed by atoms with van der Waals surface area (Å²) in [6.45, 7) is 1.52. The molecule has 1 aromatic heterocycles. The highest BCUT2D eigenvalue weighted by molar-refractivity contribution is 6.42. The number of rotatable bonds is 8. The van der Waals surface area contributed by atoms with Crippen LogP contribution < -0.4 is 10.1 Å². The van der Waals surface area contributed by atoms with E-state index in [1.165, 1.54) is 25.1 Å². The largest absolute Gasteiger partial charge is 0.476 e. The van der Waals surface area contributed by atoms with Gasteiger partial charge in [0.25, 0.3) is 5.91 Å². The number of benzene rings is 1. The number of hydrogen-bond acceptors (Lipinski definition) is 5. The molecule has 178 valence electrons. The first kappa shape index (κ1) is 24.0. The summed E-state index contributed by atoms with van der Waals surface area (Å²) >= 11 is 12.1. The molecule has 0 spiro atoms. The predicted molar refractivity (Wildman–Crippen MR) is 116 cm³/mol. The smallest absolute Gasteiger partial charge is 0.435 e. The SMILES string of the molecule is CC(O)(CNC(=O)c1nc(-c2ccc(Cl)c(Cl)c2)c(OCC2CC2)nc1C(F)(F)F)C1CC1. The van der Waals surface area contributed by atoms with E-state index in [9.17, 15) is 23.1 Å². The van der Waals surface area contributed by atoms with Crippen molar-refractivity contribution in [3.63, 3.8) is 0 Å². The fourth-order valence-electron chi connectivity index (χ4n) is 3.38. The minimum absolute atomic E-state index is 0.00376. The molecule has 2 N–H and O–H groups in total. The molecule has 1 amide bonds.